The van der Waals surface area contributed by atoms with Crippen molar-refractivity contribution >= 4 is 29.8 Å². The first-order chi connectivity index (χ1) is 28.8. The number of anilines is 1. The van der Waals surface area contributed by atoms with E-state index in [1.807, 2.05) is 0 Å². The first-order valence-corrected chi connectivity index (χ1v) is 17.9. The van der Waals surface area contributed by atoms with Crippen molar-refractivity contribution in [1.29, 1.82) is 0 Å². The molecule has 0 saturated heterocycles. The van der Waals surface area contributed by atoms with Crippen LogP contribution in [0.4, 0.5) is 45.2 Å². The van der Waals surface area contributed by atoms with E-state index in [1.54, 1.807) is 0 Å². The fourth-order valence-corrected chi connectivity index (χ4v) is 6.53. The zero-order valence-corrected chi connectivity index (χ0v) is 32.3. The highest BCUT2D eigenvalue weighted by molar-refractivity contribution is 6.11. The van der Waals surface area contributed by atoms with Crippen molar-refractivity contribution in [2.45, 2.75) is 56.7 Å². The van der Waals surface area contributed by atoms with Gasteiger partial charge in [-0.15, -0.1) is 0 Å². The van der Waals surface area contributed by atoms with Gasteiger partial charge in [0.2, 0.25) is 5.41 Å². The van der Waals surface area contributed by atoms with Crippen molar-refractivity contribution in [2.75, 3.05) is 5.32 Å². The number of aromatic carboxylic acids is 1. The number of benzene rings is 5. The van der Waals surface area contributed by atoms with E-state index < -0.39 is 75.0 Å². The molecule has 1 amide bonds. The number of rotatable bonds is 14. The highest BCUT2D eigenvalue weighted by Gasteiger charge is 2.72. The zero-order valence-electron chi connectivity index (χ0n) is 32.3. The van der Waals surface area contributed by atoms with Gasteiger partial charge in [0.1, 0.15) is 28.7 Å². The second kappa shape index (κ2) is 17.2. The largest absolute Gasteiger partial charge is 0.478 e. The molecule has 19 heteroatoms. The lowest BCUT2D eigenvalue weighted by molar-refractivity contribution is -0.288. The third-order valence-electron chi connectivity index (χ3n) is 9.69. The van der Waals surface area contributed by atoms with E-state index in [4.69, 9.17) is 14.2 Å². The Morgan fingerprint density at radius 1 is 0.645 bits per heavy atom. The summed E-state index contributed by atoms with van der Waals surface area (Å²) in [7, 11) is 0. The molecule has 0 saturated carbocycles. The molecule has 0 aliphatic heterocycles. The van der Waals surface area contributed by atoms with Gasteiger partial charge >= 0.3 is 24.5 Å². The number of carboxylic acid groups (broad SMARTS) is 1. The normalized spacial score (nSPS) is 13.1. The van der Waals surface area contributed by atoms with E-state index in [1.165, 1.54) is 31.2 Å². The number of ketones is 1. The average Bonchev–Trinajstić information content (AvgIpc) is 3.18. The lowest BCUT2D eigenvalue weighted by atomic mass is 9.73. The van der Waals surface area contributed by atoms with Crippen LogP contribution in [0.1, 0.15) is 74.1 Å². The Morgan fingerprint density at radius 2 is 1.13 bits per heavy atom. The molecule has 1 atom stereocenters. The van der Waals surface area contributed by atoms with Crippen LogP contribution in [0.2, 0.25) is 0 Å². The van der Waals surface area contributed by atoms with Crippen LogP contribution in [0.15, 0.2) is 103 Å². The van der Waals surface area contributed by atoms with E-state index in [0.29, 0.717) is 31.2 Å². The number of carbonyl (C=O) groups excluding carboxylic acids is 3. The molecule has 3 N–H and O–H groups in total. The summed E-state index contributed by atoms with van der Waals surface area (Å²) < 4.78 is 146. The van der Waals surface area contributed by atoms with Crippen LogP contribution in [-0.4, -0.2) is 52.9 Å². The second-order valence-corrected chi connectivity index (χ2v) is 13.7. The second-order valence-electron chi connectivity index (χ2n) is 13.7. The summed E-state index contributed by atoms with van der Waals surface area (Å²) in [4.78, 5) is 48.1. The third kappa shape index (κ3) is 9.07. The van der Waals surface area contributed by atoms with Crippen molar-refractivity contribution in [3.8, 4) is 28.7 Å². The number of halogens is 9. The Labute approximate surface area is 345 Å². The van der Waals surface area contributed by atoms with Crippen molar-refractivity contribution in [2.24, 2.45) is 0 Å². The number of amides is 1. The third-order valence-corrected chi connectivity index (χ3v) is 9.69. The molecule has 1 unspecified atom stereocenters. The molecule has 5 aromatic carbocycles. The van der Waals surface area contributed by atoms with E-state index in [0.717, 1.165) is 61.5 Å². The molecule has 5 rings (SSSR count). The molecule has 0 aliphatic rings. The van der Waals surface area contributed by atoms with Gasteiger partial charge in [-0.05, 0) is 115 Å². The van der Waals surface area contributed by atoms with Gasteiger partial charge in [-0.25, -0.2) is 4.79 Å². The first-order valence-electron chi connectivity index (χ1n) is 17.9. The molecule has 0 spiro atoms. The summed E-state index contributed by atoms with van der Waals surface area (Å²) in [6.07, 6.45) is -17.0. The maximum atomic E-state index is 14.9. The zero-order chi connectivity index (χ0) is 46.0. The number of hydrogen-bond donors (Lipinski definition) is 3. The van der Waals surface area contributed by atoms with Crippen LogP contribution in [-0.2, 0) is 22.2 Å². The predicted molar refractivity (Wildman–Crippen MR) is 202 cm³/mol. The van der Waals surface area contributed by atoms with Gasteiger partial charge < -0.3 is 29.7 Å². The Morgan fingerprint density at radius 3 is 1.56 bits per heavy atom. The number of Topliss-reactive ketones (excluding diaryl/α,β-unsaturated/α-hetero) is 1. The highest BCUT2D eigenvalue weighted by atomic mass is 19.4. The molecule has 10 nitrogen and oxygen atoms in total. The Hall–Kier alpha value is -6.89. The molecule has 62 heavy (non-hydrogen) atoms. The SMILES string of the molecule is CCc1ccc(NC(=O)c2cc(Oc3ccc(C(c4ccc(Oc5ccc(OC=O)c(C(C)=O)c5)cc4)(C(F)(F)F)C(F)(F)F)cc3)ccc2C(=O)O)cc1C(C)(O)C(F)(F)F. The monoisotopic (exact) mass is 877 g/mol. The molecule has 0 fully saturated rings. The average molecular weight is 878 g/mol. The lowest BCUT2D eigenvalue weighted by Gasteiger charge is -2.38. The van der Waals surface area contributed by atoms with Crippen molar-refractivity contribution in [1.82, 2.24) is 0 Å². The minimum absolute atomic E-state index is 0.0598. The number of aryl methyl sites for hydroxylation is 1. The minimum atomic E-state index is -5.99. The van der Waals surface area contributed by atoms with Crippen LogP contribution < -0.4 is 19.5 Å². The maximum Gasteiger partial charge on any atom is 0.421 e. The molecular weight excluding hydrogens is 845 g/mol. The van der Waals surface area contributed by atoms with E-state index in [-0.39, 0.29) is 58.5 Å². The van der Waals surface area contributed by atoms with Crippen LogP contribution >= 0.6 is 0 Å². The van der Waals surface area contributed by atoms with Crippen LogP contribution in [0, 0.1) is 0 Å². The van der Waals surface area contributed by atoms with Crippen molar-refractivity contribution in [3.05, 3.63) is 142 Å². The number of aliphatic hydroxyl groups is 1. The summed E-state index contributed by atoms with van der Waals surface area (Å²) in [5, 5.41) is 22.3. The molecule has 0 bridgehead atoms. The summed E-state index contributed by atoms with van der Waals surface area (Å²) in [5.74, 6) is -4.39. The summed E-state index contributed by atoms with van der Waals surface area (Å²) in [6, 6.07) is 15.1. The fourth-order valence-electron chi connectivity index (χ4n) is 6.53. The first kappa shape index (κ1) is 46.2. The fraction of sp³-hybridized carbons (Fsp3) is 0.209. The number of carbonyl (C=O) groups is 4. The number of hydrogen-bond acceptors (Lipinski definition) is 8. The summed E-state index contributed by atoms with van der Waals surface area (Å²) >= 11 is 0. The minimum Gasteiger partial charge on any atom is -0.478 e. The van der Waals surface area contributed by atoms with Gasteiger partial charge in [0.05, 0.1) is 16.7 Å². The van der Waals surface area contributed by atoms with E-state index in [2.05, 4.69) is 5.32 Å². The topological polar surface area (TPSA) is 148 Å². The van der Waals surface area contributed by atoms with Gasteiger partial charge in [-0.2, -0.15) is 39.5 Å². The maximum absolute atomic E-state index is 14.9. The van der Waals surface area contributed by atoms with Gasteiger partial charge in [0, 0.05) is 5.69 Å². The van der Waals surface area contributed by atoms with E-state index >= 15 is 0 Å². The van der Waals surface area contributed by atoms with Crippen molar-refractivity contribution < 1.29 is 83.1 Å². The molecule has 0 aromatic heterocycles. The van der Waals surface area contributed by atoms with Gasteiger partial charge in [-0.1, -0.05) is 37.3 Å². The molecule has 5 aromatic rings. The Kier molecular flexibility index (Phi) is 12.8. The smallest absolute Gasteiger partial charge is 0.421 e. The van der Waals surface area contributed by atoms with Crippen LogP contribution in [0.5, 0.6) is 28.7 Å². The van der Waals surface area contributed by atoms with E-state index in [9.17, 15) is 68.9 Å². The quantitative estimate of drug-likeness (QED) is 0.0563. The number of alkyl halides is 9. The molecule has 0 heterocycles. The highest BCUT2D eigenvalue weighted by Crippen LogP contribution is 2.56. The van der Waals surface area contributed by atoms with Gasteiger partial charge in [0.15, 0.2) is 11.4 Å². The number of carboxylic acids is 1. The Balaban J connectivity index is 1.45. The molecule has 0 aliphatic carbocycles. The summed E-state index contributed by atoms with van der Waals surface area (Å²) in [6.45, 7) is 3.29. The standard InChI is InChI=1S/C43H32F9NO9/c1-4-24-5-10-27(19-35(24)39(3,59)41(44,45)46)53-37(56)34-21-30(15-17-32(34)38(57)58)61-28-11-6-25(7-12-28)40(42(47,48)49,43(50,51)52)26-8-13-29(14-9-26)62-31-16-18-36(60-22-54)33(20-31)23(2)55/h5-22,59H,4H2,1-3H3,(H,53,56)(H,57,58). The lowest BCUT2D eigenvalue weighted by Crippen LogP contribution is -2.54. The van der Waals surface area contributed by atoms with Gasteiger partial charge in [0.25, 0.3) is 12.4 Å². The molecule has 0 radical (unpaired) electrons. The number of nitrogens with one attached hydrogen (secondary N) is 1. The molecular formula is C43H32F9NO9. The van der Waals surface area contributed by atoms with Gasteiger partial charge in [-0.3, -0.25) is 14.4 Å². The summed E-state index contributed by atoms with van der Waals surface area (Å²) in [5.41, 5.74) is -12.5. The van der Waals surface area contributed by atoms with Crippen LogP contribution in [0.3, 0.4) is 0 Å². The molecule has 326 valence electrons. The Bertz CT molecular complexity index is 2480. The van der Waals surface area contributed by atoms with Crippen molar-refractivity contribution in [3.63, 3.8) is 0 Å². The number of ether oxygens (including phenoxy) is 3. The van der Waals surface area contributed by atoms with Crippen LogP contribution in [0.25, 0.3) is 0 Å². The predicted octanol–water partition coefficient (Wildman–Crippen LogP) is 10.7.